The van der Waals surface area contributed by atoms with Gasteiger partial charge in [-0.1, -0.05) is 6.92 Å². The number of halogens is 5. The third-order valence-corrected chi connectivity index (χ3v) is 7.39. The smallest absolute Gasteiger partial charge is 0.351 e. The summed E-state index contributed by atoms with van der Waals surface area (Å²) in [5.74, 6) is -1.91. The first-order valence-electron chi connectivity index (χ1n) is 11.8. The third-order valence-electron chi connectivity index (χ3n) is 6.09. The third kappa shape index (κ3) is 6.27. The predicted octanol–water partition coefficient (Wildman–Crippen LogP) is 3.57. The Labute approximate surface area is 216 Å². The van der Waals surface area contributed by atoms with Crippen molar-refractivity contribution in [2.75, 3.05) is 31.2 Å². The van der Waals surface area contributed by atoms with E-state index in [1.165, 1.54) is 4.31 Å². The molecule has 1 saturated heterocycles. The largest absolute Gasteiger partial charge is 0.420 e. The number of nitrogens with zero attached hydrogens (tertiary/aromatic N) is 5. The lowest BCUT2D eigenvalue weighted by atomic mass is 10.1. The number of rotatable bonds is 8. The van der Waals surface area contributed by atoms with Gasteiger partial charge in [-0.05, 0) is 37.1 Å². The van der Waals surface area contributed by atoms with Crippen LogP contribution < -0.4 is 10.6 Å². The summed E-state index contributed by atoms with van der Waals surface area (Å²) in [7, 11) is -3.34. The Kier molecular flexibility index (Phi) is 7.99. The highest BCUT2D eigenvalue weighted by Gasteiger charge is 2.36. The average Bonchev–Trinajstić information content (AvgIpc) is 3.31. The summed E-state index contributed by atoms with van der Waals surface area (Å²) in [6, 6.07) is 2.02. The minimum absolute atomic E-state index is 0.106. The molecular formula is C23H26F5N7O2S. The summed E-state index contributed by atoms with van der Waals surface area (Å²) in [4.78, 5) is 11.8. The van der Waals surface area contributed by atoms with Crippen LogP contribution in [-0.4, -0.2) is 64.2 Å². The number of hydrogen-bond acceptors (Lipinski definition) is 7. The molecule has 38 heavy (non-hydrogen) atoms. The van der Waals surface area contributed by atoms with E-state index in [0.29, 0.717) is 31.1 Å². The van der Waals surface area contributed by atoms with Crippen LogP contribution in [0.15, 0.2) is 30.9 Å². The molecular weight excluding hydrogens is 533 g/mol. The number of alkyl halides is 3. The van der Waals surface area contributed by atoms with Gasteiger partial charge in [-0.25, -0.2) is 36.5 Å². The van der Waals surface area contributed by atoms with Crippen LogP contribution in [0, 0.1) is 11.6 Å². The second-order valence-electron chi connectivity index (χ2n) is 8.89. The fourth-order valence-corrected chi connectivity index (χ4v) is 5.05. The molecule has 206 valence electrons. The van der Waals surface area contributed by atoms with E-state index in [9.17, 15) is 30.4 Å². The topological polar surface area (TPSA) is 105 Å². The van der Waals surface area contributed by atoms with E-state index < -0.39 is 44.8 Å². The Morgan fingerprint density at radius 2 is 1.76 bits per heavy atom. The van der Waals surface area contributed by atoms with Crippen molar-refractivity contribution < 1.29 is 30.4 Å². The first-order chi connectivity index (χ1) is 17.9. The normalized spacial score (nSPS) is 15.7. The maximum Gasteiger partial charge on any atom is 0.420 e. The van der Waals surface area contributed by atoms with Gasteiger partial charge in [0.15, 0.2) is 11.6 Å². The van der Waals surface area contributed by atoms with Crippen molar-refractivity contribution in [3.8, 4) is 17.1 Å². The van der Waals surface area contributed by atoms with Gasteiger partial charge in [0, 0.05) is 38.1 Å². The molecule has 0 spiro atoms. The number of benzene rings is 1. The molecule has 0 unspecified atom stereocenters. The molecule has 2 aromatic heterocycles. The molecule has 0 bridgehead atoms. The van der Waals surface area contributed by atoms with Crippen molar-refractivity contribution in [2.24, 2.45) is 0 Å². The molecule has 2 N–H and O–H groups in total. The molecule has 0 atom stereocenters. The van der Waals surface area contributed by atoms with Crippen LogP contribution in [0.4, 0.5) is 27.9 Å². The molecule has 1 fully saturated rings. The van der Waals surface area contributed by atoms with Crippen molar-refractivity contribution in [1.29, 1.82) is 0 Å². The number of anilines is 1. The fraction of sp³-hybridized carbons (Fsp3) is 0.435. The van der Waals surface area contributed by atoms with Crippen LogP contribution in [0.3, 0.4) is 0 Å². The first-order valence-corrected chi connectivity index (χ1v) is 13.6. The molecule has 1 aliphatic heterocycles. The van der Waals surface area contributed by atoms with Crippen LogP contribution >= 0.6 is 0 Å². The second kappa shape index (κ2) is 10.9. The highest BCUT2D eigenvalue weighted by Crippen LogP contribution is 2.36. The summed E-state index contributed by atoms with van der Waals surface area (Å²) in [5, 5.41) is 5.91. The number of sulfonamides is 1. The molecule has 1 aliphatic rings. The zero-order chi connectivity index (χ0) is 27.7. The molecule has 0 saturated carbocycles. The standard InChI is InChI=1S/C23H26F5N7O2S/c1-3-29-10-14-8-17(24)21(18(25)9-14)34-12-19(31-13-34)20-16(23(26,27)28)11-30-22(33-20)32-15-4-6-35(7-5-15)38(2,36)37/h8-9,11-13,15,29H,3-7,10H2,1-2H3,(H,30,32,33). The molecule has 0 amide bonds. The van der Waals surface area contributed by atoms with Gasteiger partial charge in [0.25, 0.3) is 0 Å². The van der Waals surface area contributed by atoms with E-state index in [1.54, 1.807) is 0 Å². The van der Waals surface area contributed by atoms with E-state index in [0.717, 1.165) is 35.5 Å². The van der Waals surface area contributed by atoms with Crippen LogP contribution in [0.25, 0.3) is 17.1 Å². The number of nitrogens with one attached hydrogen (secondary N) is 2. The molecule has 0 aliphatic carbocycles. The zero-order valence-corrected chi connectivity index (χ0v) is 21.4. The molecule has 9 nitrogen and oxygen atoms in total. The Bertz CT molecular complexity index is 1380. The second-order valence-corrected chi connectivity index (χ2v) is 10.9. The van der Waals surface area contributed by atoms with Gasteiger partial charge < -0.3 is 15.2 Å². The van der Waals surface area contributed by atoms with Crippen molar-refractivity contribution >= 4 is 16.0 Å². The van der Waals surface area contributed by atoms with Gasteiger partial charge in [0.2, 0.25) is 16.0 Å². The minimum atomic E-state index is -4.82. The van der Waals surface area contributed by atoms with Crippen molar-refractivity contribution in [3.63, 3.8) is 0 Å². The first kappa shape index (κ1) is 27.9. The quantitative estimate of drug-likeness (QED) is 0.407. The molecule has 15 heteroatoms. The number of piperidine rings is 1. The lowest BCUT2D eigenvalue weighted by Gasteiger charge is -2.30. The highest BCUT2D eigenvalue weighted by atomic mass is 32.2. The van der Waals surface area contributed by atoms with Gasteiger partial charge in [-0.15, -0.1) is 0 Å². The summed E-state index contributed by atoms with van der Waals surface area (Å²) < 4.78 is 96.5. The number of hydrogen-bond donors (Lipinski definition) is 2. The number of imidazole rings is 1. The van der Waals surface area contributed by atoms with E-state index >= 15 is 0 Å². The van der Waals surface area contributed by atoms with Crippen LogP contribution in [0.2, 0.25) is 0 Å². The molecule has 3 heterocycles. The average molecular weight is 560 g/mol. The van der Waals surface area contributed by atoms with E-state index in [4.69, 9.17) is 0 Å². The van der Waals surface area contributed by atoms with E-state index in [2.05, 4.69) is 25.6 Å². The lowest BCUT2D eigenvalue weighted by molar-refractivity contribution is -0.137. The molecule has 4 rings (SSSR count). The van der Waals surface area contributed by atoms with Crippen LogP contribution in [0.1, 0.15) is 30.9 Å². The van der Waals surface area contributed by atoms with Crippen LogP contribution in [0.5, 0.6) is 0 Å². The van der Waals surface area contributed by atoms with Gasteiger partial charge >= 0.3 is 6.18 Å². The Hall–Kier alpha value is -3.17. The van der Waals surface area contributed by atoms with Crippen molar-refractivity contribution in [2.45, 2.75) is 38.5 Å². The van der Waals surface area contributed by atoms with Gasteiger partial charge in [0.05, 0.1) is 6.26 Å². The Morgan fingerprint density at radius 3 is 2.34 bits per heavy atom. The summed E-state index contributed by atoms with van der Waals surface area (Å²) >= 11 is 0. The summed E-state index contributed by atoms with van der Waals surface area (Å²) in [6.45, 7) is 3.20. The Morgan fingerprint density at radius 1 is 1.11 bits per heavy atom. The maximum absolute atomic E-state index is 14.8. The van der Waals surface area contributed by atoms with E-state index in [1.807, 2.05) is 6.92 Å². The fourth-order valence-electron chi connectivity index (χ4n) is 4.17. The zero-order valence-electron chi connectivity index (χ0n) is 20.6. The summed E-state index contributed by atoms with van der Waals surface area (Å²) in [6.07, 6.45) is -0.197. The summed E-state index contributed by atoms with van der Waals surface area (Å²) in [5.41, 5.74) is -2.10. The maximum atomic E-state index is 14.8. The molecule has 3 aromatic rings. The van der Waals surface area contributed by atoms with Crippen molar-refractivity contribution in [3.05, 3.63) is 53.6 Å². The van der Waals surface area contributed by atoms with Crippen LogP contribution in [-0.2, 0) is 22.7 Å². The lowest BCUT2D eigenvalue weighted by Crippen LogP contribution is -2.42. The predicted molar refractivity (Wildman–Crippen MR) is 130 cm³/mol. The van der Waals surface area contributed by atoms with Gasteiger partial charge in [-0.2, -0.15) is 13.2 Å². The van der Waals surface area contributed by atoms with E-state index in [-0.39, 0.29) is 37.3 Å². The van der Waals surface area contributed by atoms with Gasteiger partial charge in [-0.3, -0.25) is 0 Å². The molecule has 1 aromatic carbocycles. The monoisotopic (exact) mass is 559 g/mol. The molecule has 0 radical (unpaired) electrons. The highest BCUT2D eigenvalue weighted by molar-refractivity contribution is 7.88. The Balaban J connectivity index is 1.62. The SMILES string of the molecule is CCNCc1cc(F)c(-n2cnc(-c3nc(NC4CCN(S(C)(=O)=O)CC4)ncc3C(F)(F)F)c2)c(F)c1. The van der Waals surface area contributed by atoms with Gasteiger partial charge in [0.1, 0.15) is 29.0 Å². The number of aromatic nitrogens is 4. The minimum Gasteiger partial charge on any atom is -0.351 e. The van der Waals surface area contributed by atoms with Crippen molar-refractivity contribution in [1.82, 2.24) is 29.1 Å².